The van der Waals surface area contributed by atoms with E-state index < -0.39 is 6.10 Å². The molecule has 0 amide bonds. The van der Waals surface area contributed by atoms with Crippen LogP contribution in [0.5, 0.6) is 0 Å². The van der Waals surface area contributed by atoms with Gasteiger partial charge in [0.05, 0.1) is 11.6 Å². The molecule has 0 fully saturated rings. The standard InChI is InChI=1S/C7H8ClNO2/c8-6-1-5(2-9-3-6)7(11)4-10/h1-3,7,10-11H,4H2/t7-/m1/s1. The molecule has 0 unspecified atom stereocenters. The molecule has 1 heterocycles. The average molecular weight is 174 g/mol. The Balaban J connectivity index is 2.86. The molecular weight excluding hydrogens is 166 g/mol. The topological polar surface area (TPSA) is 53.4 Å². The minimum atomic E-state index is -0.888. The quantitative estimate of drug-likeness (QED) is 0.695. The Kier molecular flexibility index (Phi) is 2.82. The Bertz CT molecular complexity index is 242. The van der Waals surface area contributed by atoms with Crippen molar-refractivity contribution in [3.8, 4) is 0 Å². The lowest BCUT2D eigenvalue weighted by molar-refractivity contribution is 0.0953. The van der Waals surface area contributed by atoms with Crippen molar-refractivity contribution in [2.45, 2.75) is 6.10 Å². The molecule has 0 saturated carbocycles. The molecule has 1 aromatic heterocycles. The van der Waals surface area contributed by atoms with Gasteiger partial charge in [0, 0.05) is 18.0 Å². The summed E-state index contributed by atoms with van der Waals surface area (Å²) in [6.45, 7) is -0.317. The van der Waals surface area contributed by atoms with Gasteiger partial charge in [-0.25, -0.2) is 0 Å². The lowest BCUT2D eigenvalue weighted by Gasteiger charge is -2.05. The maximum absolute atomic E-state index is 9.11. The number of pyridine rings is 1. The van der Waals surface area contributed by atoms with Gasteiger partial charge in [-0.3, -0.25) is 4.98 Å². The predicted octanol–water partition coefficient (Wildman–Crippen LogP) is 0.761. The Labute approximate surface area is 69.3 Å². The van der Waals surface area contributed by atoms with Gasteiger partial charge in [-0.2, -0.15) is 0 Å². The highest BCUT2D eigenvalue weighted by molar-refractivity contribution is 6.30. The molecule has 1 rings (SSSR count). The molecule has 0 spiro atoms. The van der Waals surface area contributed by atoms with E-state index in [4.69, 9.17) is 21.8 Å². The van der Waals surface area contributed by atoms with Gasteiger partial charge in [0.25, 0.3) is 0 Å². The van der Waals surface area contributed by atoms with Crippen molar-refractivity contribution < 1.29 is 10.2 Å². The van der Waals surface area contributed by atoms with Gasteiger partial charge in [-0.15, -0.1) is 0 Å². The van der Waals surface area contributed by atoms with Crippen molar-refractivity contribution >= 4 is 11.6 Å². The summed E-state index contributed by atoms with van der Waals surface area (Å²) in [7, 11) is 0. The van der Waals surface area contributed by atoms with Crippen molar-refractivity contribution in [3.05, 3.63) is 29.0 Å². The third-order valence-electron chi connectivity index (χ3n) is 1.28. The SMILES string of the molecule is OC[C@@H](O)c1cncc(Cl)c1. The molecule has 1 atom stereocenters. The van der Waals surface area contributed by atoms with E-state index in [9.17, 15) is 0 Å². The van der Waals surface area contributed by atoms with Gasteiger partial charge in [0.1, 0.15) is 6.10 Å². The zero-order valence-electron chi connectivity index (χ0n) is 5.74. The minimum Gasteiger partial charge on any atom is -0.393 e. The first kappa shape index (κ1) is 8.46. The van der Waals surface area contributed by atoms with Gasteiger partial charge >= 0.3 is 0 Å². The molecule has 0 radical (unpaired) electrons. The van der Waals surface area contributed by atoms with E-state index in [-0.39, 0.29) is 6.61 Å². The molecule has 0 aliphatic carbocycles. The number of rotatable bonds is 2. The van der Waals surface area contributed by atoms with Gasteiger partial charge in [0.2, 0.25) is 0 Å². The first-order chi connectivity index (χ1) is 5.24. The van der Waals surface area contributed by atoms with Crippen molar-refractivity contribution in [2.24, 2.45) is 0 Å². The number of hydrogen-bond donors (Lipinski definition) is 2. The summed E-state index contributed by atoms with van der Waals surface area (Å²) in [5.41, 5.74) is 0.528. The fourth-order valence-corrected chi connectivity index (χ4v) is 0.898. The van der Waals surface area contributed by atoms with E-state index in [1.165, 1.54) is 12.4 Å². The monoisotopic (exact) mass is 173 g/mol. The van der Waals surface area contributed by atoms with E-state index in [2.05, 4.69) is 4.98 Å². The van der Waals surface area contributed by atoms with Crippen LogP contribution in [0.4, 0.5) is 0 Å². The summed E-state index contributed by atoms with van der Waals surface area (Å²) in [4.78, 5) is 3.75. The van der Waals surface area contributed by atoms with E-state index in [1.807, 2.05) is 0 Å². The zero-order valence-corrected chi connectivity index (χ0v) is 6.49. The highest BCUT2D eigenvalue weighted by Gasteiger charge is 2.05. The lowest BCUT2D eigenvalue weighted by atomic mass is 10.2. The second-order valence-corrected chi connectivity index (χ2v) is 2.57. The molecule has 11 heavy (non-hydrogen) atoms. The predicted molar refractivity (Wildman–Crippen MR) is 41.3 cm³/mol. The maximum atomic E-state index is 9.11. The van der Waals surface area contributed by atoms with Gasteiger partial charge in [-0.05, 0) is 6.07 Å². The second kappa shape index (κ2) is 3.67. The van der Waals surface area contributed by atoms with Crippen LogP contribution in [0.2, 0.25) is 5.02 Å². The number of aromatic nitrogens is 1. The van der Waals surface area contributed by atoms with Crippen LogP contribution >= 0.6 is 11.6 Å². The summed E-state index contributed by atoms with van der Waals surface area (Å²) in [5.74, 6) is 0. The third kappa shape index (κ3) is 2.15. The summed E-state index contributed by atoms with van der Waals surface area (Å²) < 4.78 is 0. The Hall–Kier alpha value is -0.640. The number of aliphatic hydroxyl groups is 2. The van der Waals surface area contributed by atoms with Crippen LogP contribution < -0.4 is 0 Å². The van der Waals surface area contributed by atoms with Gasteiger partial charge in [0.15, 0.2) is 0 Å². The van der Waals surface area contributed by atoms with Crippen LogP contribution in [0.1, 0.15) is 11.7 Å². The van der Waals surface area contributed by atoms with Crippen molar-refractivity contribution in [2.75, 3.05) is 6.61 Å². The molecule has 3 nitrogen and oxygen atoms in total. The maximum Gasteiger partial charge on any atom is 0.104 e. The van der Waals surface area contributed by atoms with Crippen LogP contribution in [0, 0.1) is 0 Å². The fraction of sp³-hybridized carbons (Fsp3) is 0.286. The third-order valence-corrected chi connectivity index (χ3v) is 1.49. The van der Waals surface area contributed by atoms with E-state index >= 15 is 0 Å². The Morgan fingerprint density at radius 2 is 2.27 bits per heavy atom. The first-order valence-corrected chi connectivity index (χ1v) is 3.51. The van der Waals surface area contributed by atoms with Crippen molar-refractivity contribution in [1.82, 2.24) is 4.98 Å². The molecule has 0 saturated heterocycles. The van der Waals surface area contributed by atoms with Crippen molar-refractivity contribution in [1.29, 1.82) is 0 Å². The molecule has 0 bridgehead atoms. The zero-order chi connectivity index (χ0) is 8.27. The molecule has 1 aromatic rings. The number of hydrogen-bond acceptors (Lipinski definition) is 3. The smallest absolute Gasteiger partial charge is 0.104 e. The van der Waals surface area contributed by atoms with Gasteiger partial charge in [-0.1, -0.05) is 11.6 Å². The van der Waals surface area contributed by atoms with Crippen LogP contribution in [-0.2, 0) is 0 Å². The van der Waals surface area contributed by atoms with E-state index in [0.717, 1.165) is 0 Å². The lowest BCUT2D eigenvalue weighted by Crippen LogP contribution is -2.02. The van der Waals surface area contributed by atoms with Gasteiger partial charge < -0.3 is 10.2 Å². The summed E-state index contributed by atoms with van der Waals surface area (Å²) >= 11 is 5.59. The fourth-order valence-electron chi connectivity index (χ4n) is 0.716. The van der Waals surface area contributed by atoms with Crippen LogP contribution in [-0.4, -0.2) is 21.8 Å². The van der Waals surface area contributed by atoms with Crippen LogP contribution in [0.3, 0.4) is 0 Å². The number of aliphatic hydroxyl groups excluding tert-OH is 2. The Morgan fingerprint density at radius 3 is 2.82 bits per heavy atom. The molecular formula is C7H8ClNO2. The van der Waals surface area contributed by atoms with Crippen LogP contribution in [0.15, 0.2) is 18.5 Å². The number of nitrogens with zero attached hydrogens (tertiary/aromatic N) is 1. The average Bonchev–Trinajstić information content (AvgIpc) is 2.03. The van der Waals surface area contributed by atoms with E-state index in [0.29, 0.717) is 10.6 Å². The summed E-state index contributed by atoms with van der Waals surface area (Å²) in [6.07, 6.45) is 2.04. The number of halogens is 1. The first-order valence-electron chi connectivity index (χ1n) is 3.13. The largest absolute Gasteiger partial charge is 0.393 e. The highest BCUT2D eigenvalue weighted by Crippen LogP contribution is 2.14. The normalized spacial score (nSPS) is 13.0. The highest BCUT2D eigenvalue weighted by atomic mass is 35.5. The Morgan fingerprint density at radius 1 is 1.55 bits per heavy atom. The molecule has 2 N–H and O–H groups in total. The molecule has 0 aliphatic rings. The van der Waals surface area contributed by atoms with Crippen molar-refractivity contribution in [3.63, 3.8) is 0 Å². The minimum absolute atomic E-state index is 0.317. The second-order valence-electron chi connectivity index (χ2n) is 2.13. The summed E-state index contributed by atoms with van der Waals surface area (Å²) in [5, 5.41) is 18.1. The molecule has 0 aliphatic heterocycles. The molecule has 4 heteroatoms. The molecule has 60 valence electrons. The van der Waals surface area contributed by atoms with E-state index in [1.54, 1.807) is 6.07 Å². The van der Waals surface area contributed by atoms with Crippen LogP contribution in [0.25, 0.3) is 0 Å². The molecule has 0 aromatic carbocycles. The summed E-state index contributed by atoms with van der Waals surface area (Å²) in [6, 6.07) is 1.56.